The third-order valence-corrected chi connectivity index (χ3v) is 2.29. The first kappa shape index (κ1) is 10.2. The minimum absolute atomic E-state index is 0.415. The van der Waals surface area contributed by atoms with E-state index >= 15 is 0 Å². The van der Waals surface area contributed by atoms with Gasteiger partial charge in [0.15, 0.2) is 0 Å². The van der Waals surface area contributed by atoms with Crippen molar-refractivity contribution >= 4 is 12.6 Å². The molecule has 0 saturated carbocycles. The molecule has 6 heteroatoms. The van der Waals surface area contributed by atoms with Gasteiger partial charge in [-0.1, -0.05) is 0 Å². The zero-order valence-corrected chi connectivity index (χ0v) is 7.13. The van der Waals surface area contributed by atoms with E-state index in [9.17, 15) is 10.2 Å². The number of aliphatic hydroxyl groups excluding tert-OH is 4. The summed E-state index contributed by atoms with van der Waals surface area (Å²) in [5, 5.41) is 36.2. The van der Waals surface area contributed by atoms with Gasteiger partial charge in [-0.15, -0.1) is 12.6 Å². The predicted molar refractivity (Wildman–Crippen MR) is 42.8 cm³/mol. The normalized spacial score (nSPS) is 49.2. The maximum atomic E-state index is 9.20. The average Bonchev–Trinajstić information content (AvgIpc) is 2.08. The van der Waals surface area contributed by atoms with Gasteiger partial charge in [0.2, 0.25) is 0 Å². The van der Waals surface area contributed by atoms with Crippen molar-refractivity contribution in [2.24, 2.45) is 0 Å². The van der Waals surface area contributed by atoms with Gasteiger partial charge in [0.25, 0.3) is 0 Å². The molecule has 1 aliphatic rings. The average molecular weight is 196 g/mol. The molecule has 0 spiro atoms. The van der Waals surface area contributed by atoms with Crippen molar-refractivity contribution in [2.45, 2.75) is 29.9 Å². The lowest BCUT2D eigenvalue weighted by molar-refractivity contribution is -0.205. The van der Waals surface area contributed by atoms with Crippen LogP contribution in [0.3, 0.4) is 0 Å². The standard InChI is InChI=1S/C6H12O5S/c7-1-2-3(8)4(9)5(10)6(12)11-2/h2-10,12H,1H2/t2?,3-,4?,5-,6-/m1/s1. The number of hydrogen-bond acceptors (Lipinski definition) is 6. The Morgan fingerprint density at radius 1 is 1.08 bits per heavy atom. The molecule has 5 nitrogen and oxygen atoms in total. The SMILES string of the molecule is OCC1O[C@H](S)[C@H](O)C(O)[C@@H]1O. The van der Waals surface area contributed by atoms with Gasteiger partial charge in [0.1, 0.15) is 29.9 Å². The van der Waals surface area contributed by atoms with Gasteiger partial charge in [-0.3, -0.25) is 0 Å². The van der Waals surface area contributed by atoms with Crippen LogP contribution in [-0.2, 0) is 4.74 Å². The monoisotopic (exact) mass is 196 g/mol. The highest BCUT2D eigenvalue weighted by molar-refractivity contribution is 7.80. The summed E-state index contributed by atoms with van der Waals surface area (Å²) in [6.45, 7) is -0.415. The smallest absolute Gasteiger partial charge is 0.129 e. The predicted octanol–water partition coefficient (Wildman–Crippen LogP) is -2.28. The van der Waals surface area contributed by atoms with Crippen molar-refractivity contribution in [3.63, 3.8) is 0 Å². The fraction of sp³-hybridized carbons (Fsp3) is 1.00. The van der Waals surface area contributed by atoms with Gasteiger partial charge in [0, 0.05) is 0 Å². The molecule has 2 unspecified atom stereocenters. The van der Waals surface area contributed by atoms with E-state index in [1.807, 2.05) is 0 Å². The van der Waals surface area contributed by atoms with Crippen LogP contribution >= 0.6 is 12.6 Å². The molecular weight excluding hydrogens is 184 g/mol. The molecule has 0 amide bonds. The number of hydrogen-bond donors (Lipinski definition) is 5. The molecule has 1 rings (SSSR count). The van der Waals surface area contributed by atoms with E-state index in [-0.39, 0.29) is 0 Å². The van der Waals surface area contributed by atoms with Crippen LogP contribution in [-0.4, -0.2) is 56.9 Å². The fourth-order valence-corrected chi connectivity index (χ4v) is 1.41. The van der Waals surface area contributed by atoms with Crippen molar-refractivity contribution < 1.29 is 25.2 Å². The Kier molecular flexibility index (Phi) is 3.33. The Hall–Kier alpha value is 0.150. The number of ether oxygens (including phenoxy) is 1. The van der Waals surface area contributed by atoms with Gasteiger partial charge >= 0.3 is 0 Å². The molecule has 72 valence electrons. The van der Waals surface area contributed by atoms with Crippen LogP contribution in [0.1, 0.15) is 0 Å². The molecule has 1 aliphatic heterocycles. The molecule has 12 heavy (non-hydrogen) atoms. The molecule has 1 heterocycles. The second-order valence-corrected chi connectivity index (χ2v) is 3.23. The fourth-order valence-electron chi connectivity index (χ4n) is 1.08. The molecule has 0 aliphatic carbocycles. The van der Waals surface area contributed by atoms with Gasteiger partial charge < -0.3 is 25.2 Å². The van der Waals surface area contributed by atoms with E-state index in [0.717, 1.165) is 0 Å². The Morgan fingerprint density at radius 2 is 1.67 bits per heavy atom. The van der Waals surface area contributed by atoms with Crippen LogP contribution < -0.4 is 0 Å². The molecular formula is C6H12O5S. The van der Waals surface area contributed by atoms with Gasteiger partial charge in [-0.05, 0) is 0 Å². The number of rotatable bonds is 1. The zero-order chi connectivity index (χ0) is 9.30. The molecule has 4 N–H and O–H groups in total. The van der Waals surface area contributed by atoms with Gasteiger partial charge in [-0.2, -0.15) is 0 Å². The summed E-state index contributed by atoms with van der Waals surface area (Å²) >= 11 is 3.81. The van der Waals surface area contributed by atoms with E-state index in [0.29, 0.717) is 0 Å². The van der Waals surface area contributed by atoms with E-state index in [4.69, 9.17) is 14.9 Å². The van der Waals surface area contributed by atoms with Crippen LogP contribution in [0.2, 0.25) is 0 Å². The van der Waals surface area contributed by atoms with Crippen LogP contribution in [0.15, 0.2) is 0 Å². The highest BCUT2D eigenvalue weighted by Gasteiger charge is 2.41. The highest BCUT2D eigenvalue weighted by atomic mass is 32.1. The van der Waals surface area contributed by atoms with Gasteiger partial charge in [0.05, 0.1) is 6.61 Å². The Morgan fingerprint density at radius 3 is 2.17 bits per heavy atom. The van der Waals surface area contributed by atoms with Crippen LogP contribution in [0.4, 0.5) is 0 Å². The second-order valence-electron chi connectivity index (χ2n) is 2.72. The third-order valence-electron chi connectivity index (χ3n) is 1.87. The lowest BCUT2D eigenvalue weighted by Gasteiger charge is -2.37. The van der Waals surface area contributed by atoms with Crippen LogP contribution in [0.5, 0.6) is 0 Å². The lowest BCUT2D eigenvalue weighted by atomic mass is 10.0. The number of aliphatic hydroxyl groups is 4. The van der Waals surface area contributed by atoms with Crippen molar-refractivity contribution in [2.75, 3.05) is 6.61 Å². The molecule has 0 aromatic carbocycles. The molecule has 0 radical (unpaired) electrons. The van der Waals surface area contributed by atoms with Crippen molar-refractivity contribution in [1.29, 1.82) is 0 Å². The summed E-state index contributed by atoms with van der Waals surface area (Å²) in [7, 11) is 0. The van der Waals surface area contributed by atoms with E-state index in [1.165, 1.54) is 0 Å². The summed E-state index contributed by atoms with van der Waals surface area (Å²) in [4.78, 5) is 0. The summed E-state index contributed by atoms with van der Waals surface area (Å²) in [5.41, 5.74) is -0.874. The first-order valence-corrected chi connectivity index (χ1v) is 4.08. The first-order valence-electron chi connectivity index (χ1n) is 3.56. The summed E-state index contributed by atoms with van der Waals surface area (Å²) in [6.07, 6.45) is -4.70. The topological polar surface area (TPSA) is 90.2 Å². The Bertz CT molecular complexity index is 150. The van der Waals surface area contributed by atoms with Crippen LogP contribution in [0.25, 0.3) is 0 Å². The lowest BCUT2D eigenvalue weighted by Crippen LogP contribution is -2.56. The number of thiol groups is 1. The van der Waals surface area contributed by atoms with E-state index < -0.39 is 36.5 Å². The van der Waals surface area contributed by atoms with Gasteiger partial charge in [-0.25, -0.2) is 0 Å². The Labute approximate surface area is 75.0 Å². The largest absolute Gasteiger partial charge is 0.394 e. The zero-order valence-electron chi connectivity index (χ0n) is 6.24. The molecule has 0 aromatic heterocycles. The third kappa shape index (κ3) is 1.73. The minimum Gasteiger partial charge on any atom is -0.394 e. The first-order chi connectivity index (χ1) is 5.57. The maximum absolute atomic E-state index is 9.20. The highest BCUT2D eigenvalue weighted by Crippen LogP contribution is 2.22. The molecule has 1 saturated heterocycles. The summed E-state index contributed by atoms with van der Waals surface area (Å²) in [5.74, 6) is 0. The molecule has 5 atom stereocenters. The van der Waals surface area contributed by atoms with Crippen molar-refractivity contribution in [3.05, 3.63) is 0 Å². The Balaban J connectivity index is 2.63. The minimum atomic E-state index is -1.32. The van der Waals surface area contributed by atoms with Crippen molar-refractivity contribution in [3.8, 4) is 0 Å². The quantitative estimate of drug-likeness (QED) is 0.305. The van der Waals surface area contributed by atoms with E-state index in [2.05, 4.69) is 12.6 Å². The maximum Gasteiger partial charge on any atom is 0.129 e. The van der Waals surface area contributed by atoms with E-state index in [1.54, 1.807) is 0 Å². The van der Waals surface area contributed by atoms with Crippen molar-refractivity contribution in [1.82, 2.24) is 0 Å². The molecule has 0 bridgehead atoms. The molecule has 0 aromatic rings. The van der Waals surface area contributed by atoms with Crippen LogP contribution in [0, 0.1) is 0 Å². The molecule has 1 fully saturated rings. The summed E-state index contributed by atoms with van der Waals surface area (Å²) in [6, 6.07) is 0. The summed E-state index contributed by atoms with van der Waals surface area (Å²) < 4.78 is 4.88. The second kappa shape index (κ2) is 3.91.